The number of benzene rings is 2. The minimum absolute atomic E-state index is 0.0414. The van der Waals surface area contributed by atoms with Crippen LogP contribution in [-0.4, -0.2) is 39.7 Å². The minimum atomic E-state index is -0.667. The van der Waals surface area contributed by atoms with Crippen LogP contribution >= 0.6 is 11.6 Å². The van der Waals surface area contributed by atoms with Crippen LogP contribution in [-0.2, 0) is 7.05 Å². The number of nitrogens with two attached hydrogens (primary N) is 1. The third kappa shape index (κ3) is 2.99. The molecule has 0 spiro atoms. The normalized spacial score (nSPS) is 19.8. The van der Waals surface area contributed by atoms with Crippen molar-refractivity contribution in [2.75, 3.05) is 23.7 Å². The van der Waals surface area contributed by atoms with Crippen LogP contribution in [0.5, 0.6) is 0 Å². The SMILES string of the molecule is Cn1cc(-c2c(Cl)cc3c(N4CC5CCC(C4)N5)nc(=O)[nH]c3c2F)c2c(C#N)c(N)ccc21. The Balaban J connectivity index is 1.62. The first-order chi connectivity index (χ1) is 16.4. The summed E-state index contributed by atoms with van der Waals surface area (Å²) in [6, 6.07) is 7.85. The van der Waals surface area contributed by atoms with Crippen LogP contribution in [0.3, 0.4) is 0 Å². The fraction of sp³-hybridized carbons (Fsp3) is 0.292. The standard InChI is InChI=1S/C24H21ClFN7O/c1-32-10-15(19-14(7-27)17(28)4-5-18(19)32)20-16(25)6-13-22(21(20)26)30-24(34)31-23(13)33-8-11-2-3-12(9-33)29-11/h4-6,10-12,29H,2-3,8-9,28H2,1H3,(H,30,31,34). The molecule has 0 amide bonds. The summed E-state index contributed by atoms with van der Waals surface area (Å²) in [5.74, 6) is -0.232. The molecule has 10 heteroatoms. The molecule has 2 aliphatic rings. The van der Waals surface area contributed by atoms with Gasteiger partial charge in [-0.3, -0.25) is 0 Å². The van der Waals surface area contributed by atoms with Gasteiger partial charge in [-0.25, -0.2) is 9.18 Å². The molecule has 2 aromatic carbocycles. The van der Waals surface area contributed by atoms with E-state index in [1.54, 1.807) is 36.0 Å². The fourth-order valence-electron chi connectivity index (χ4n) is 5.48. The van der Waals surface area contributed by atoms with Gasteiger partial charge in [-0.15, -0.1) is 0 Å². The third-order valence-electron chi connectivity index (χ3n) is 6.98. The van der Waals surface area contributed by atoms with E-state index in [2.05, 4.69) is 21.4 Å². The predicted molar refractivity (Wildman–Crippen MR) is 131 cm³/mol. The van der Waals surface area contributed by atoms with Crippen LogP contribution in [0.1, 0.15) is 18.4 Å². The maximum atomic E-state index is 16.1. The highest BCUT2D eigenvalue weighted by Gasteiger charge is 2.34. The number of nitrogens with zero attached hydrogens (tertiary/aromatic N) is 4. The van der Waals surface area contributed by atoms with Gasteiger partial charge < -0.3 is 25.5 Å². The number of aryl methyl sites for hydroxylation is 1. The molecule has 8 nitrogen and oxygen atoms in total. The van der Waals surface area contributed by atoms with Crippen LogP contribution < -0.4 is 21.6 Å². The number of aromatic amines is 1. The Labute approximate surface area is 198 Å². The number of anilines is 2. The van der Waals surface area contributed by atoms with Gasteiger partial charge in [0.05, 0.1) is 21.8 Å². The molecule has 2 bridgehead atoms. The number of nitrogen functional groups attached to an aromatic ring is 1. The average molecular weight is 478 g/mol. The molecule has 4 aromatic rings. The molecule has 0 aliphatic carbocycles. The number of nitrogens with one attached hydrogen (secondary N) is 2. The molecular formula is C24H21ClFN7O. The molecule has 2 saturated heterocycles. The Morgan fingerprint density at radius 2 is 2.03 bits per heavy atom. The highest BCUT2D eigenvalue weighted by atomic mass is 35.5. The topological polar surface area (TPSA) is 116 Å². The number of fused-ring (bicyclic) bond motifs is 4. The molecule has 4 N–H and O–H groups in total. The number of piperazine rings is 1. The molecule has 0 saturated carbocycles. The summed E-state index contributed by atoms with van der Waals surface area (Å²) >= 11 is 6.69. The van der Waals surface area contributed by atoms with E-state index in [1.165, 1.54) is 0 Å². The number of hydrogen-bond acceptors (Lipinski definition) is 6. The number of rotatable bonds is 2. The molecule has 0 radical (unpaired) electrons. The molecule has 4 heterocycles. The smallest absolute Gasteiger partial charge is 0.347 e. The Kier molecular flexibility index (Phi) is 4.59. The van der Waals surface area contributed by atoms with Gasteiger partial charge in [-0.2, -0.15) is 10.2 Å². The van der Waals surface area contributed by atoms with Crippen LogP contribution in [0.15, 0.2) is 29.2 Å². The van der Waals surface area contributed by atoms with Crippen molar-refractivity contribution >= 4 is 44.9 Å². The first kappa shape index (κ1) is 21.0. The van der Waals surface area contributed by atoms with E-state index in [0.29, 0.717) is 53.0 Å². The number of aromatic nitrogens is 3. The van der Waals surface area contributed by atoms with E-state index >= 15 is 4.39 Å². The zero-order valence-corrected chi connectivity index (χ0v) is 19.1. The second kappa shape index (κ2) is 7.45. The zero-order chi connectivity index (χ0) is 23.7. The molecule has 6 rings (SSSR count). The highest BCUT2D eigenvalue weighted by molar-refractivity contribution is 6.35. The Morgan fingerprint density at radius 1 is 1.29 bits per heavy atom. The van der Waals surface area contributed by atoms with Crippen molar-refractivity contribution in [3.05, 3.63) is 51.3 Å². The van der Waals surface area contributed by atoms with Gasteiger partial charge in [0.2, 0.25) is 0 Å². The Morgan fingerprint density at radius 3 is 2.74 bits per heavy atom. The van der Waals surface area contributed by atoms with Crippen LogP contribution in [0.25, 0.3) is 32.9 Å². The van der Waals surface area contributed by atoms with Crippen LogP contribution in [0, 0.1) is 17.1 Å². The molecule has 2 fully saturated rings. The second-order valence-corrected chi connectivity index (χ2v) is 9.47. The predicted octanol–water partition coefficient (Wildman–Crippen LogP) is 3.27. The van der Waals surface area contributed by atoms with Gasteiger partial charge in [-0.1, -0.05) is 11.6 Å². The largest absolute Gasteiger partial charge is 0.398 e. The summed E-state index contributed by atoms with van der Waals surface area (Å²) < 4.78 is 17.9. The zero-order valence-electron chi connectivity index (χ0n) is 18.3. The lowest BCUT2D eigenvalue weighted by molar-refractivity contribution is 0.464. The number of hydrogen-bond donors (Lipinski definition) is 3. The Hall–Kier alpha value is -3.61. The number of nitriles is 1. The lowest BCUT2D eigenvalue weighted by atomic mass is 9.98. The van der Waals surface area contributed by atoms with Gasteiger partial charge >= 0.3 is 5.69 Å². The summed E-state index contributed by atoms with van der Waals surface area (Å²) in [6.45, 7) is 1.38. The summed E-state index contributed by atoms with van der Waals surface area (Å²) in [6.07, 6.45) is 3.84. The number of halogens is 2. The quantitative estimate of drug-likeness (QED) is 0.382. The van der Waals surface area contributed by atoms with Crippen molar-refractivity contribution in [2.24, 2.45) is 7.05 Å². The number of H-pyrrole nitrogens is 1. The summed E-state index contributed by atoms with van der Waals surface area (Å²) in [7, 11) is 1.80. The summed E-state index contributed by atoms with van der Waals surface area (Å²) in [5.41, 5.74) is 7.28. The van der Waals surface area contributed by atoms with Crippen molar-refractivity contribution in [1.29, 1.82) is 5.26 Å². The van der Waals surface area contributed by atoms with E-state index < -0.39 is 11.5 Å². The first-order valence-corrected chi connectivity index (χ1v) is 11.4. The molecule has 2 unspecified atom stereocenters. The minimum Gasteiger partial charge on any atom is -0.398 e. The lowest BCUT2D eigenvalue weighted by Crippen LogP contribution is -2.51. The Bertz CT molecular complexity index is 1590. The van der Waals surface area contributed by atoms with Gasteiger partial charge in [-0.05, 0) is 31.0 Å². The van der Waals surface area contributed by atoms with Crippen LogP contribution in [0.2, 0.25) is 5.02 Å². The first-order valence-electron chi connectivity index (χ1n) is 11.1. The van der Waals surface area contributed by atoms with E-state index in [1.807, 2.05) is 4.90 Å². The monoisotopic (exact) mass is 477 g/mol. The second-order valence-electron chi connectivity index (χ2n) is 9.07. The highest BCUT2D eigenvalue weighted by Crippen LogP contribution is 2.42. The maximum Gasteiger partial charge on any atom is 0.347 e. The van der Waals surface area contributed by atoms with Crippen LogP contribution in [0.4, 0.5) is 15.9 Å². The van der Waals surface area contributed by atoms with E-state index in [9.17, 15) is 10.1 Å². The van der Waals surface area contributed by atoms with E-state index in [0.717, 1.165) is 18.4 Å². The van der Waals surface area contributed by atoms with Crippen molar-refractivity contribution in [3.63, 3.8) is 0 Å². The fourth-order valence-corrected chi connectivity index (χ4v) is 5.77. The molecule has 2 aliphatic heterocycles. The third-order valence-corrected chi connectivity index (χ3v) is 7.28. The molecule has 2 aromatic heterocycles. The molecule has 34 heavy (non-hydrogen) atoms. The van der Waals surface area contributed by atoms with Gasteiger partial charge in [0, 0.05) is 65.8 Å². The van der Waals surface area contributed by atoms with Crippen molar-refractivity contribution in [3.8, 4) is 17.2 Å². The van der Waals surface area contributed by atoms with Gasteiger partial charge in [0.15, 0.2) is 5.82 Å². The van der Waals surface area contributed by atoms with Crippen molar-refractivity contribution in [2.45, 2.75) is 24.9 Å². The maximum absolute atomic E-state index is 16.1. The molecule has 172 valence electrons. The summed E-state index contributed by atoms with van der Waals surface area (Å²) in [5, 5.41) is 14.4. The van der Waals surface area contributed by atoms with E-state index in [-0.39, 0.29) is 21.7 Å². The van der Waals surface area contributed by atoms with E-state index in [4.69, 9.17) is 17.3 Å². The average Bonchev–Trinajstić information content (AvgIpc) is 3.32. The van der Waals surface area contributed by atoms with Gasteiger partial charge in [0.25, 0.3) is 0 Å². The summed E-state index contributed by atoms with van der Waals surface area (Å²) in [4.78, 5) is 21.3. The van der Waals surface area contributed by atoms with Crippen molar-refractivity contribution in [1.82, 2.24) is 19.9 Å². The lowest BCUT2D eigenvalue weighted by Gasteiger charge is -2.34. The van der Waals surface area contributed by atoms with Gasteiger partial charge in [0.1, 0.15) is 11.9 Å². The molecule has 2 atom stereocenters. The molecular weight excluding hydrogens is 457 g/mol. The van der Waals surface area contributed by atoms with Crippen molar-refractivity contribution < 1.29 is 4.39 Å².